The van der Waals surface area contributed by atoms with Gasteiger partial charge < -0.3 is 19.2 Å². The van der Waals surface area contributed by atoms with Crippen LogP contribution in [0.1, 0.15) is 50.8 Å². The molecular formula is C18H21N3O4S. The summed E-state index contributed by atoms with van der Waals surface area (Å²) in [6.45, 7) is 2.02. The lowest BCUT2D eigenvalue weighted by Gasteiger charge is -2.17. The summed E-state index contributed by atoms with van der Waals surface area (Å²) < 4.78 is 16.4. The van der Waals surface area contributed by atoms with Gasteiger partial charge in [0.1, 0.15) is 0 Å². The molecule has 138 valence electrons. The quantitative estimate of drug-likeness (QED) is 0.791. The van der Waals surface area contributed by atoms with Gasteiger partial charge in [-0.3, -0.25) is 4.79 Å². The van der Waals surface area contributed by atoms with Crippen molar-refractivity contribution in [2.75, 3.05) is 12.1 Å². The van der Waals surface area contributed by atoms with E-state index in [1.807, 2.05) is 6.92 Å². The Hall–Kier alpha value is -2.22. The van der Waals surface area contributed by atoms with Crippen LogP contribution in [0.3, 0.4) is 0 Å². The van der Waals surface area contributed by atoms with Crippen LogP contribution in [0.2, 0.25) is 0 Å². The number of rotatable bonds is 5. The molecule has 2 heterocycles. The summed E-state index contributed by atoms with van der Waals surface area (Å²) in [6.07, 6.45) is 5.91. The van der Waals surface area contributed by atoms with Gasteiger partial charge in [-0.15, -0.1) is 10.2 Å². The molecule has 1 N–H and O–H groups in total. The summed E-state index contributed by atoms with van der Waals surface area (Å²) in [4.78, 5) is 12.4. The van der Waals surface area contributed by atoms with Crippen molar-refractivity contribution in [3.05, 3.63) is 24.1 Å². The Balaban J connectivity index is 1.34. The van der Waals surface area contributed by atoms with Gasteiger partial charge >= 0.3 is 0 Å². The van der Waals surface area contributed by atoms with E-state index in [-0.39, 0.29) is 18.0 Å². The molecule has 4 rings (SSSR count). The smallest absolute Gasteiger partial charge is 0.277 e. The third kappa shape index (κ3) is 3.80. The van der Waals surface area contributed by atoms with Crippen LogP contribution in [-0.2, 0) is 4.79 Å². The van der Waals surface area contributed by atoms with Gasteiger partial charge in [-0.25, -0.2) is 0 Å². The second-order valence-corrected chi connectivity index (χ2v) is 7.85. The number of hydrogen-bond donors (Lipinski definition) is 1. The van der Waals surface area contributed by atoms with E-state index in [0.29, 0.717) is 34.2 Å². The topological polar surface area (TPSA) is 86.5 Å². The third-order valence-electron chi connectivity index (χ3n) is 4.66. The summed E-state index contributed by atoms with van der Waals surface area (Å²) in [6, 6.07) is 5.33. The second kappa shape index (κ2) is 7.57. The molecular weight excluding hydrogens is 354 g/mol. The first-order valence-electron chi connectivity index (χ1n) is 8.89. The number of carbonyl (C=O) groups is 1. The maximum atomic E-state index is 12.4. The Morgan fingerprint density at radius 1 is 1.19 bits per heavy atom. The van der Waals surface area contributed by atoms with Crippen LogP contribution in [0.4, 0.5) is 5.69 Å². The van der Waals surface area contributed by atoms with Crippen molar-refractivity contribution in [2.24, 2.45) is 0 Å². The summed E-state index contributed by atoms with van der Waals surface area (Å²) in [5, 5.41) is 11.2. The van der Waals surface area contributed by atoms with Crippen molar-refractivity contribution in [1.29, 1.82) is 0 Å². The monoisotopic (exact) mass is 375 g/mol. The number of carbonyl (C=O) groups excluding carboxylic acids is 1. The fraction of sp³-hybridized carbons (Fsp3) is 0.500. The van der Waals surface area contributed by atoms with E-state index in [2.05, 4.69) is 15.5 Å². The summed E-state index contributed by atoms with van der Waals surface area (Å²) in [5.41, 5.74) is 0.667. The molecule has 8 heteroatoms. The zero-order chi connectivity index (χ0) is 17.9. The zero-order valence-corrected chi connectivity index (χ0v) is 15.4. The number of aromatic nitrogens is 2. The average Bonchev–Trinajstić information content (AvgIpc) is 3.31. The van der Waals surface area contributed by atoms with Crippen molar-refractivity contribution in [3.63, 3.8) is 0 Å². The molecule has 1 aliphatic heterocycles. The van der Waals surface area contributed by atoms with Gasteiger partial charge in [-0.1, -0.05) is 31.0 Å². The zero-order valence-electron chi connectivity index (χ0n) is 14.6. The van der Waals surface area contributed by atoms with Gasteiger partial charge in [0.2, 0.25) is 18.6 Å². The van der Waals surface area contributed by atoms with Gasteiger partial charge in [-0.2, -0.15) is 0 Å². The molecule has 0 saturated heterocycles. The van der Waals surface area contributed by atoms with E-state index in [1.165, 1.54) is 31.0 Å². The summed E-state index contributed by atoms with van der Waals surface area (Å²) in [5.74, 6) is 2.26. The van der Waals surface area contributed by atoms with Crippen molar-refractivity contribution in [3.8, 4) is 11.5 Å². The SMILES string of the molecule is C[C@@H](Sc1nnc(C2CCCCC2)o1)C(=O)Nc1ccc2c(c1)OCO2. The molecule has 1 aromatic heterocycles. The van der Waals surface area contributed by atoms with Crippen LogP contribution in [0.15, 0.2) is 27.8 Å². The molecule has 1 saturated carbocycles. The van der Waals surface area contributed by atoms with Crippen LogP contribution in [0.5, 0.6) is 11.5 Å². The minimum atomic E-state index is -0.361. The van der Waals surface area contributed by atoms with Gasteiger partial charge in [-0.05, 0) is 31.9 Å². The van der Waals surface area contributed by atoms with Crippen LogP contribution >= 0.6 is 11.8 Å². The minimum Gasteiger partial charge on any atom is -0.454 e. The van der Waals surface area contributed by atoms with Crippen LogP contribution < -0.4 is 14.8 Å². The van der Waals surface area contributed by atoms with Crippen LogP contribution in [0, 0.1) is 0 Å². The first-order chi connectivity index (χ1) is 12.7. The predicted octanol–water partition coefficient (Wildman–Crippen LogP) is 3.97. The summed E-state index contributed by atoms with van der Waals surface area (Å²) >= 11 is 1.27. The molecule has 26 heavy (non-hydrogen) atoms. The number of anilines is 1. The Bertz CT molecular complexity index is 788. The number of hydrogen-bond acceptors (Lipinski definition) is 7. The Kier molecular flexibility index (Phi) is 5.01. The van der Waals surface area contributed by atoms with E-state index >= 15 is 0 Å². The number of fused-ring (bicyclic) bond motifs is 1. The fourth-order valence-corrected chi connectivity index (χ4v) is 3.90. The minimum absolute atomic E-state index is 0.133. The highest BCUT2D eigenvalue weighted by Crippen LogP contribution is 2.35. The number of thioether (sulfide) groups is 1. The lowest BCUT2D eigenvalue weighted by atomic mass is 9.89. The predicted molar refractivity (Wildman–Crippen MR) is 96.6 cm³/mol. The molecule has 0 spiro atoms. The third-order valence-corrected chi connectivity index (χ3v) is 5.60. The molecule has 1 fully saturated rings. The Labute approximate surface area is 155 Å². The largest absolute Gasteiger partial charge is 0.454 e. The van der Waals surface area contributed by atoms with E-state index in [1.54, 1.807) is 18.2 Å². The highest BCUT2D eigenvalue weighted by molar-refractivity contribution is 8.00. The number of nitrogens with one attached hydrogen (secondary N) is 1. The summed E-state index contributed by atoms with van der Waals surface area (Å²) in [7, 11) is 0. The van der Waals surface area contributed by atoms with Crippen molar-refractivity contribution in [2.45, 2.75) is 55.4 Å². The molecule has 1 aliphatic carbocycles. The van der Waals surface area contributed by atoms with Gasteiger partial charge in [0.25, 0.3) is 5.22 Å². The van der Waals surface area contributed by atoms with Crippen LogP contribution in [0.25, 0.3) is 0 Å². The van der Waals surface area contributed by atoms with Crippen LogP contribution in [-0.4, -0.2) is 28.1 Å². The molecule has 0 bridgehead atoms. The molecule has 1 aromatic carbocycles. The molecule has 0 radical (unpaired) electrons. The number of amides is 1. The van der Waals surface area contributed by atoms with Crippen molar-refractivity contribution >= 4 is 23.4 Å². The van der Waals surface area contributed by atoms with Gasteiger partial charge in [0.05, 0.1) is 5.25 Å². The highest BCUT2D eigenvalue weighted by Gasteiger charge is 2.24. The first-order valence-corrected chi connectivity index (χ1v) is 9.77. The van der Waals surface area contributed by atoms with E-state index < -0.39 is 0 Å². The second-order valence-electron chi connectivity index (χ2n) is 6.56. The molecule has 1 amide bonds. The number of ether oxygens (including phenoxy) is 2. The maximum absolute atomic E-state index is 12.4. The van der Waals surface area contributed by atoms with Crippen molar-refractivity contribution in [1.82, 2.24) is 10.2 Å². The highest BCUT2D eigenvalue weighted by atomic mass is 32.2. The lowest BCUT2D eigenvalue weighted by Crippen LogP contribution is -2.22. The maximum Gasteiger partial charge on any atom is 0.277 e. The van der Waals surface area contributed by atoms with Gasteiger partial charge in [0.15, 0.2) is 11.5 Å². The normalized spacial score (nSPS) is 17.9. The molecule has 0 unspecified atom stereocenters. The molecule has 7 nitrogen and oxygen atoms in total. The molecule has 2 aromatic rings. The molecule has 2 aliphatic rings. The number of nitrogens with zero attached hydrogens (tertiary/aromatic N) is 2. The first kappa shape index (κ1) is 17.2. The average molecular weight is 375 g/mol. The fourth-order valence-electron chi connectivity index (χ4n) is 3.21. The van der Waals surface area contributed by atoms with E-state index in [4.69, 9.17) is 13.9 Å². The molecule has 1 atom stereocenters. The Morgan fingerprint density at radius 2 is 2.00 bits per heavy atom. The standard InChI is InChI=1S/C18H21N3O4S/c1-11(16(22)19-13-7-8-14-15(9-13)24-10-23-14)26-18-21-20-17(25-18)12-5-3-2-4-6-12/h7-9,11-12H,2-6,10H2,1H3,(H,19,22)/t11-/m1/s1. The van der Waals surface area contributed by atoms with E-state index in [9.17, 15) is 4.79 Å². The van der Waals surface area contributed by atoms with Gasteiger partial charge in [0, 0.05) is 17.7 Å². The van der Waals surface area contributed by atoms with E-state index in [0.717, 1.165) is 12.8 Å². The Morgan fingerprint density at radius 3 is 2.85 bits per heavy atom. The lowest BCUT2D eigenvalue weighted by molar-refractivity contribution is -0.115. The van der Waals surface area contributed by atoms with Crippen molar-refractivity contribution < 1.29 is 18.7 Å². The number of benzene rings is 1.